The summed E-state index contributed by atoms with van der Waals surface area (Å²) in [5.41, 5.74) is 2.40. The first kappa shape index (κ1) is 16.5. The molecule has 1 aromatic heterocycles. The zero-order chi connectivity index (χ0) is 16.3. The number of carboxylic acid groups (broad SMARTS) is 1. The number of aliphatic carboxylic acids is 1. The number of carbonyl (C=O) groups excluding carboxylic acids is 1. The fraction of sp³-hybridized carbons (Fsp3) is 0.625. The average molecular weight is 308 g/mol. The van der Waals surface area contributed by atoms with E-state index in [1.807, 2.05) is 31.4 Å². The van der Waals surface area contributed by atoms with E-state index in [0.717, 1.165) is 30.8 Å². The van der Waals surface area contributed by atoms with Gasteiger partial charge in [0.05, 0.1) is 12.2 Å². The maximum atomic E-state index is 12.5. The van der Waals surface area contributed by atoms with E-state index in [2.05, 4.69) is 5.32 Å². The molecule has 1 fully saturated rings. The quantitative estimate of drug-likeness (QED) is 0.868. The van der Waals surface area contributed by atoms with Gasteiger partial charge in [0.15, 0.2) is 0 Å². The van der Waals surface area contributed by atoms with Crippen molar-refractivity contribution in [2.24, 2.45) is 5.92 Å². The lowest BCUT2D eigenvalue weighted by molar-refractivity contribution is -0.142. The fourth-order valence-corrected chi connectivity index (χ4v) is 3.15. The van der Waals surface area contributed by atoms with Crippen LogP contribution in [0.1, 0.15) is 41.5 Å². The summed E-state index contributed by atoms with van der Waals surface area (Å²) in [6.07, 6.45) is 1.58. The summed E-state index contributed by atoms with van der Waals surface area (Å²) in [7, 11) is 0. The molecule has 1 amide bonds. The van der Waals surface area contributed by atoms with Crippen LogP contribution in [0.4, 0.5) is 0 Å². The zero-order valence-electron chi connectivity index (χ0n) is 13.4. The smallest absolute Gasteiger partial charge is 0.326 e. The molecule has 1 saturated heterocycles. The van der Waals surface area contributed by atoms with Gasteiger partial charge >= 0.3 is 5.97 Å². The summed E-state index contributed by atoms with van der Waals surface area (Å²) in [4.78, 5) is 24.0. The number of carboxylic acids is 1. The Morgan fingerprint density at radius 1 is 1.50 bits per heavy atom. The SMILES string of the molecule is CCn1c(C)cc(C(=O)NC(C(=O)O)C2CCCOC2)c1C. The van der Waals surface area contributed by atoms with Crippen molar-refractivity contribution in [2.75, 3.05) is 13.2 Å². The molecule has 1 aliphatic rings. The van der Waals surface area contributed by atoms with Crippen LogP contribution in [0, 0.1) is 19.8 Å². The van der Waals surface area contributed by atoms with Crippen molar-refractivity contribution in [1.82, 2.24) is 9.88 Å². The van der Waals surface area contributed by atoms with Crippen LogP contribution in [0.5, 0.6) is 0 Å². The van der Waals surface area contributed by atoms with Crippen molar-refractivity contribution in [1.29, 1.82) is 0 Å². The predicted molar refractivity (Wildman–Crippen MR) is 82.0 cm³/mol. The summed E-state index contributed by atoms with van der Waals surface area (Å²) in [5, 5.41) is 12.1. The third-order valence-electron chi connectivity index (χ3n) is 4.35. The number of hydrogen-bond acceptors (Lipinski definition) is 3. The van der Waals surface area contributed by atoms with E-state index in [-0.39, 0.29) is 11.8 Å². The molecule has 2 unspecified atom stereocenters. The van der Waals surface area contributed by atoms with Gasteiger partial charge in [0, 0.05) is 30.5 Å². The minimum absolute atomic E-state index is 0.176. The van der Waals surface area contributed by atoms with E-state index in [1.165, 1.54) is 0 Å². The highest BCUT2D eigenvalue weighted by Gasteiger charge is 2.32. The Balaban J connectivity index is 2.16. The molecule has 6 heteroatoms. The van der Waals surface area contributed by atoms with Gasteiger partial charge in [0.1, 0.15) is 6.04 Å². The Kier molecular flexibility index (Phi) is 5.24. The van der Waals surface area contributed by atoms with Gasteiger partial charge in [0.25, 0.3) is 5.91 Å². The summed E-state index contributed by atoms with van der Waals surface area (Å²) < 4.78 is 7.38. The van der Waals surface area contributed by atoms with Crippen LogP contribution in [0.2, 0.25) is 0 Å². The molecule has 0 aliphatic carbocycles. The van der Waals surface area contributed by atoms with Crippen molar-refractivity contribution >= 4 is 11.9 Å². The van der Waals surface area contributed by atoms with Crippen molar-refractivity contribution in [3.8, 4) is 0 Å². The monoisotopic (exact) mass is 308 g/mol. The minimum atomic E-state index is -1.01. The molecule has 0 spiro atoms. The van der Waals surface area contributed by atoms with Crippen LogP contribution < -0.4 is 5.32 Å². The fourth-order valence-electron chi connectivity index (χ4n) is 3.15. The van der Waals surface area contributed by atoms with Gasteiger partial charge in [-0.05, 0) is 39.7 Å². The van der Waals surface area contributed by atoms with Crippen LogP contribution >= 0.6 is 0 Å². The topological polar surface area (TPSA) is 80.6 Å². The van der Waals surface area contributed by atoms with Crippen LogP contribution in [-0.2, 0) is 16.1 Å². The summed E-state index contributed by atoms with van der Waals surface area (Å²) in [6, 6.07) is 0.905. The molecule has 0 aromatic carbocycles. The number of rotatable bonds is 5. The number of aryl methyl sites for hydroxylation is 1. The molecule has 2 heterocycles. The van der Waals surface area contributed by atoms with Crippen molar-refractivity contribution in [2.45, 2.75) is 46.2 Å². The largest absolute Gasteiger partial charge is 0.480 e. The van der Waals surface area contributed by atoms with Crippen LogP contribution in [0.25, 0.3) is 0 Å². The first-order valence-corrected chi connectivity index (χ1v) is 7.73. The lowest BCUT2D eigenvalue weighted by Crippen LogP contribution is -2.48. The number of nitrogens with zero attached hydrogens (tertiary/aromatic N) is 1. The number of nitrogens with one attached hydrogen (secondary N) is 1. The van der Waals surface area contributed by atoms with E-state index in [1.54, 1.807) is 0 Å². The average Bonchev–Trinajstić information content (AvgIpc) is 2.79. The van der Waals surface area contributed by atoms with E-state index >= 15 is 0 Å². The van der Waals surface area contributed by atoms with Crippen molar-refractivity contribution in [3.05, 3.63) is 23.0 Å². The highest BCUT2D eigenvalue weighted by molar-refractivity contribution is 5.98. The minimum Gasteiger partial charge on any atom is -0.480 e. The summed E-state index contributed by atoms with van der Waals surface area (Å²) >= 11 is 0. The van der Waals surface area contributed by atoms with E-state index < -0.39 is 12.0 Å². The van der Waals surface area contributed by atoms with Gasteiger partial charge in [-0.2, -0.15) is 0 Å². The van der Waals surface area contributed by atoms with E-state index in [4.69, 9.17) is 4.74 Å². The molecule has 0 radical (unpaired) electrons. The van der Waals surface area contributed by atoms with Gasteiger partial charge in [-0.1, -0.05) is 0 Å². The molecule has 0 bridgehead atoms. The molecule has 1 aliphatic heterocycles. The molecule has 2 atom stereocenters. The van der Waals surface area contributed by atoms with Gasteiger partial charge in [-0.25, -0.2) is 4.79 Å². The van der Waals surface area contributed by atoms with E-state index in [0.29, 0.717) is 18.8 Å². The standard InChI is InChI=1S/C16H24N2O4/c1-4-18-10(2)8-13(11(18)3)15(19)17-14(16(20)21)12-6-5-7-22-9-12/h8,12,14H,4-7,9H2,1-3H3,(H,17,19)(H,20,21). The van der Waals surface area contributed by atoms with Gasteiger partial charge in [-0.3, -0.25) is 4.79 Å². The first-order valence-electron chi connectivity index (χ1n) is 7.73. The van der Waals surface area contributed by atoms with Crippen molar-refractivity contribution < 1.29 is 19.4 Å². The maximum Gasteiger partial charge on any atom is 0.326 e. The van der Waals surface area contributed by atoms with Gasteiger partial charge in [0.2, 0.25) is 0 Å². The maximum absolute atomic E-state index is 12.5. The normalized spacial score (nSPS) is 19.7. The Bertz CT molecular complexity index is 559. The first-order chi connectivity index (χ1) is 10.5. The molecular formula is C16H24N2O4. The molecule has 122 valence electrons. The second-order valence-corrected chi connectivity index (χ2v) is 5.80. The van der Waals surface area contributed by atoms with Crippen LogP contribution in [0.3, 0.4) is 0 Å². The Morgan fingerprint density at radius 3 is 2.73 bits per heavy atom. The number of ether oxygens (including phenoxy) is 1. The van der Waals surface area contributed by atoms with E-state index in [9.17, 15) is 14.7 Å². The molecule has 22 heavy (non-hydrogen) atoms. The highest BCUT2D eigenvalue weighted by atomic mass is 16.5. The number of carbonyl (C=O) groups is 2. The lowest BCUT2D eigenvalue weighted by atomic mass is 9.93. The lowest BCUT2D eigenvalue weighted by Gasteiger charge is -2.28. The second-order valence-electron chi connectivity index (χ2n) is 5.80. The summed E-state index contributed by atoms with van der Waals surface area (Å²) in [5.74, 6) is -1.51. The van der Waals surface area contributed by atoms with Gasteiger partial charge in [-0.15, -0.1) is 0 Å². The zero-order valence-corrected chi connectivity index (χ0v) is 13.4. The Hall–Kier alpha value is -1.82. The molecule has 0 saturated carbocycles. The number of amides is 1. The Labute approximate surface area is 130 Å². The van der Waals surface area contributed by atoms with Crippen LogP contribution in [0.15, 0.2) is 6.07 Å². The molecule has 2 rings (SSSR count). The molecule has 6 nitrogen and oxygen atoms in total. The second kappa shape index (κ2) is 6.96. The van der Waals surface area contributed by atoms with Crippen LogP contribution in [-0.4, -0.2) is 40.8 Å². The van der Waals surface area contributed by atoms with Crippen molar-refractivity contribution in [3.63, 3.8) is 0 Å². The summed E-state index contributed by atoms with van der Waals surface area (Å²) in [6.45, 7) is 7.66. The predicted octanol–water partition coefficient (Wildman–Crippen LogP) is 1.73. The number of aromatic nitrogens is 1. The Morgan fingerprint density at radius 2 is 2.23 bits per heavy atom. The molecule has 1 aromatic rings. The highest BCUT2D eigenvalue weighted by Crippen LogP contribution is 2.20. The molecular weight excluding hydrogens is 284 g/mol. The third kappa shape index (κ3) is 3.32. The third-order valence-corrected chi connectivity index (χ3v) is 4.35. The van der Waals surface area contributed by atoms with Gasteiger partial charge < -0.3 is 19.7 Å². The number of hydrogen-bond donors (Lipinski definition) is 2. The molecule has 2 N–H and O–H groups in total.